The predicted octanol–water partition coefficient (Wildman–Crippen LogP) is 4.75. The van der Waals surface area contributed by atoms with E-state index in [1.165, 1.54) is 0 Å². The summed E-state index contributed by atoms with van der Waals surface area (Å²) in [5, 5.41) is 3.31. The first-order valence-corrected chi connectivity index (χ1v) is 10.7. The van der Waals surface area contributed by atoms with E-state index in [9.17, 15) is 9.59 Å². The van der Waals surface area contributed by atoms with E-state index in [2.05, 4.69) is 21.2 Å². The first-order valence-electron chi connectivity index (χ1n) is 8.54. The van der Waals surface area contributed by atoms with Gasteiger partial charge < -0.3 is 10.2 Å². The highest BCUT2D eigenvalue weighted by Crippen LogP contribution is 2.22. The van der Waals surface area contributed by atoms with Crippen LogP contribution in [-0.4, -0.2) is 35.6 Å². The molecule has 0 saturated heterocycles. The van der Waals surface area contributed by atoms with Gasteiger partial charge in [-0.1, -0.05) is 39.7 Å². The van der Waals surface area contributed by atoms with Gasteiger partial charge in [-0.3, -0.25) is 9.59 Å². The first-order chi connectivity index (χ1) is 12.9. The van der Waals surface area contributed by atoms with Gasteiger partial charge in [-0.25, -0.2) is 0 Å². The Hall–Kier alpha value is -1.50. The number of carbonyl (C=O) groups is 2. The van der Waals surface area contributed by atoms with Crippen LogP contribution in [0, 0.1) is 0 Å². The number of hydrogen-bond donors (Lipinski definition) is 1. The molecule has 4 nitrogen and oxygen atoms in total. The molecule has 0 aliphatic heterocycles. The van der Waals surface area contributed by atoms with Gasteiger partial charge in [0, 0.05) is 40.2 Å². The fourth-order valence-corrected chi connectivity index (χ4v) is 3.97. The first kappa shape index (κ1) is 21.8. The second kappa shape index (κ2) is 10.7. The van der Waals surface area contributed by atoms with Gasteiger partial charge in [0.1, 0.15) is 6.04 Å². The van der Waals surface area contributed by atoms with Crippen molar-refractivity contribution < 1.29 is 9.59 Å². The van der Waals surface area contributed by atoms with Crippen molar-refractivity contribution in [2.24, 2.45) is 0 Å². The minimum absolute atomic E-state index is 0.0486. The molecule has 2 aromatic rings. The molecule has 0 radical (unpaired) electrons. The Morgan fingerprint density at radius 3 is 2.56 bits per heavy atom. The number of nitrogens with zero attached hydrogens (tertiary/aromatic N) is 1. The normalized spacial score (nSPS) is 11.7. The molecule has 0 saturated carbocycles. The van der Waals surface area contributed by atoms with E-state index in [1.54, 1.807) is 30.6 Å². The Bertz CT molecular complexity index is 786. The van der Waals surface area contributed by atoms with Crippen molar-refractivity contribution in [2.45, 2.75) is 30.8 Å². The number of hydrogen-bond acceptors (Lipinski definition) is 3. The lowest BCUT2D eigenvalue weighted by Crippen LogP contribution is -2.46. The molecule has 0 spiro atoms. The summed E-state index contributed by atoms with van der Waals surface area (Å²) in [6.45, 7) is 2.14. The largest absolute Gasteiger partial charge is 0.357 e. The molecular weight excluding hydrogens is 448 g/mol. The van der Waals surface area contributed by atoms with E-state index in [-0.39, 0.29) is 11.8 Å². The third-order valence-electron chi connectivity index (χ3n) is 4.05. The topological polar surface area (TPSA) is 49.4 Å². The van der Waals surface area contributed by atoms with Crippen LogP contribution < -0.4 is 5.32 Å². The summed E-state index contributed by atoms with van der Waals surface area (Å²) in [7, 11) is 1.58. The Morgan fingerprint density at radius 1 is 1.22 bits per heavy atom. The molecule has 2 rings (SSSR count). The number of thioether (sulfide) groups is 1. The maximum atomic E-state index is 12.8. The molecule has 1 N–H and O–H groups in total. The Balaban J connectivity index is 2.03. The van der Waals surface area contributed by atoms with Gasteiger partial charge in [-0.15, -0.1) is 11.8 Å². The van der Waals surface area contributed by atoms with Crippen molar-refractivity contribution in [3.8, 4) is 0 Å². The van der Waals surface area contributed by atoms with E-state index in [1.807, 2.05) is 48.5 Å². The minimum Gasteiger partial charge on any atom is -0.357 e. The Kier molecular flexibility index (Phi) is 8.67. The number of likely N-dealkylation sites (N-methyl/N-ethyl adjacent to an activating group) is 1. The molecule has 1 atom stereocenters. The molecule has 0 bridgehead atoms. The van der Waals surface area contributed by atoms with Crippen LogP contribution in [0.2, 0.25) is 5.02 Å². The van der Waals surface area contributed by atoms with Crippen molar-refractivity contribution in [1.82, 2.24) is 10.2 Å². The average molecular weight is 470 g/mol. The molecule has 144 valence electrons. The van der Waals surface area contributed by atoms with Crippen LogP contribution in [0.25, 0.3) is 0 Å². The summed E-state index contributed by atoms with van der Waals surface area (Å²) in [6.07, 6.45) is 0.350. The van der Waals surface area contributed by atoms with Crippen LogP contribution in [0.3, 0.4) is 0 Å². The van der Waals surface area contributed by atoms with E-state index in [0.717, 1.165) is 14.9 Å². The van der Waals surface area contributed by atoms with Gasteiger partial charge in [0.05, 0.1) is 0 Å². The molecule has 1 unspecified atom stereocenters. The highest BCUT2D eigenvalue weighted by Gasteiger charge is 2.25. The fraction of sp³-hybridized carbons (Fsp3) is 0.300. The summed E-state index contributed by atoms with van der Waals surface area (Å²) in [5.41, 5.74) is 0.971. The Morgan fingerprint density at radius 2 is 1.93 bits per heavy atom. The fourth-order valence-electron chi connectivity index (χ4n) is 2.55. The van der Waals surface area contributed by atoms with Gasteiger partial charge >= 0.3 is 0 Å². The van der Waals surface area contributed by atoms with Crippen molar-refractivity contribution in [2.75, 3.05) is 12.8 Å². The molecular formula is C20H22BrClN2O2S. The van der Waals surface area contributed by atoms with Crippen LogP contribution in [0.4, 0.5) is 0 Å². The van der Waals surface area contributed by atoms with Crippen molar-refractivity contribution in [1.29, 1.82) is 0 Å². The molecule has 0 aliphatic rings. The maximum Gasteiger partial charge on any atom is 0.242 e. The quantitative estimate of drug-likeness (QED) is 0.568. The molecule has 7 heteroatoms. The monoisotopic (exact) mass is 468 g/mol. The highest BCUT2D eigenvalue weighted by atomic mass is 79.9. The standard InChI is InChI=1S/C20H22BrClN2O2S/c1-14(20(26)23-2)24(13-15-4-3-5-16(21)12-15)19(25)10-11-27-18-8-6-17(22)7-9-18/h3-9,12,14H,10-11,13H2,1-2H3,(H,23,26). The van der Waals surface area contributed by atoms with Crippen LogP contribution in [-0.2, 0) is 16.1 Å². The number of nitrogens with one attached hydrogen (secondary N) is 1. The zero-order chi connectivity index (χ0) is 19.8. The second-order valence-electron chi connectivity index (χ2n) is 5.99. The number of amides is 2. The Labute approximate surface area is 177 Å². The van der Waals surface area contributed by atoms with E-state index in [0.29, 0.717) is 23.7 Å². The lowest BCUT2D eigenvalue weighted by Gasteiger charge is -2.28. The van der Waals surface area contributed by atoms with Gasteiger partial charge in [0.15, 0.2) is 0 Å². The zero-order valence-electron chi connectivity index (χ0n) is 15.2. The smallest absolute Gasteiger partial charge is 0.242 e. The van der Waals surface area contributed by atoms with Gasteiger partial charge in [-0.05, 0) is 48.9 Å². The van der Waals surface area contributed by atoms with E-state index in [4.69, 9.17) is 11.6 Å². The molecule has 2 aromatic carbocycles. The van der Waals surface area contributed by atoms with Gasteiger partial charge in [0.25, 0.3) is 0 Å². The molecule has 2 amide bonds. The van der Waals surface area contributed by atoms with Crippen molar-refractivity contribution >= 4 is 51.1 Å². The zero-order valence-corrected chi connectivity index (χ0v) is 18.4. The lowest BCUT2D eigenvalue weighted by molar-refractivity contribution is -0.140. The van der Waals surface area contributed by atoms with Gasteiger partial charge in [0.2, 0.25) is 11.8 Å². The average Bonchev–Trinajstić information content (AvgIpc) is 2.66. The summed E-state index contributed by atoms with van der Waals surface area (Å²) in [4.78, 5) is 27.6. The van der Waals surface area contributed by atoms with Crippen molar-refractivity contribution in [3.05, 3.63) is 63.6 Å². The lowest BCUT2D eigenvalue weighted by atomic mass is 10.1. The number of benzene rings is 2. The summed E-state index contributed by atoms with van der Waals surface area (Å²) in [6, 6.07) is 14.8. The molecule has 0 fully saturated rings. The molecule has 27 heavy (non-hydrogen) atoms. The molecule has 0 aliphatic carbocycles. The minimum atomic E-state index is -0.540. The maximum absolute atomic E-state index is 12.8. The summed E-state index contributed by atoms with van der Waals surface area (Å²) >= 11 is 10.9. The number of rotatable bonds is 8. The van der Waals surface area contributed by atoms with Crippen LogP contribution in [0.15, 0.2) is 57.9 Å². The van der Waals surface area contributed by atoms with Crippen molar-refractivity contribution in [3.63, 3.8) is 0 Å². The SMILES string of the molecule is CNC(=O)C(C)N(Cc1cccc(Br)c1)C(=O)CCSc1ccc(Cl)cc1. The third-order valence-corrected chi connectivity index (χ3v) is 5.81. The summed E-state index contributed by atoms with van der Waals surface area (Å²) < 4.78 is 0.943. The van der Waals surface area contributed by atoms with E-state index >= 15 is 0 Å². The van der Waals surface area contributed by atoms with Crippen LogP contribution in [0.5, 0.6) is 0 Å². The highest BCUT2D eigenvalue weighted by molar-refractivity contribution is 9.10. The second-order valence-corrected chi connectivity index (χ2v) is 8.51. The third kappa shape index (κ3) is 6.87. The number of carbonyl (C=O) groups excluding carboxylic acids is 2. The molecule has 0 heterocycles. The molecule has 0 aromatic heterocycles. The summed E-state index contributed by atoms with van der Waals surface area (Å²) in [5.74, 6) is 0.409. The van der Waals surface area contributed by atoms with Crippen LogP contribution in [0.1, 0.15) is 18.9 Å². The van der Waals surface area contributed by atoms with Crippen LogP contribution >= 0.6 is 39.3 Å². The number of halogens is 2. The van der Waals surface area contributed by atoms with E-state index < -0.39 is 6.04 Å². The van der Waals surface area contributed by atoms with Gasteiger partial charge in [-0.2, -0.15) is 0 Å². The predicted molar refractivity (Wildman–Crippen MR) is 115 cm³/mol.